The normalized spacial score (nSPS) is 15.9. The molecule has 0 radical (unpaired) electrons. The number of rotatable bonds is 6. The number of hydrogen-bond acceptors (Lipinski definition) is 5. The van der Waals surface area contributed by atoms with E-state index in [0.29, 0.717) is 12.2 Å². The molecule has 0 saturated carbocycles. The summed E-state index contributed by atoms with van der Waals surface area (Å²) >= 11 is 1.70. The predicted octanol–water partition coefficient (Wildman–Crippen LogP) is 5.39. The molecule has 5 nitrogen and oxygen atoms in total. The van der Waals surface area contributed by atoms with Gasteiger partial charge in [0.05, 0.1) is 29.3 Å². The van der Waals surface area contributed by atoms with Crippen molar-refractivity contribution in [2.75, 3.05) is 18.2 Å². The van der Waals surface area contributed by atoms with Crippen molar-refractivity contribution in [1.29, 1.82) is 0 Å². The van der Waals surface area contributed by atoms with Gasteiger partial charge in [-0.1, -0.05) is 37.6 Å². The minimum atomic E-state index is -0.282. The van der Waals surface area contributed by atoms with Crippen LogP contribution in [0.2, 0.25) is 0 Å². The highest BCUT2D eigenvalue weighted by Crippen LogP contribution is 2.40. The largest absolute Gasteiger partial charge is 0.463 e. The summed E-state index contributed by atoms with van der Waals surface area (Å²) in [6.07, 6.45) is 3.74. The summed E-state index contributed by atoms with van der Waals surface area (Å²) in [7, 11) is 0. The van der Waals surface area contributed by atoms with Crippen LogP contribution in [0.15, 0.2) is 64.7 Å². The molecule has 0 unspecified atom stereocenters. The van der Waals surface area contributed by atoms with Gasteiger partial charge in [-0.25, -0.2) is 9.78 Å². The Balaban J connectivity index is 1.96. The van der Waals surface area contributed by atoms with Gasteiger partial charge in [-0.2, -0.15) is 0 Å². The lowest BCUT2D eigenvalue weighted by atomic mass is 9.93. The van der Waals surface area contributed by atoms with E-state index in [1.54, 1.807) is 11.8 Å². The van der Waals surface area contributed by atoms with Crippen molar-refractivity contribution in [3.05, 3.63) is 65.4 Å². The van der Waals surface area contributed by atoms with Gasteiger partial charge < -0.3 is 10.1 Å². The van der Waals surface area contributed by atoms with E-state index >= 15 is 0 Å². The van der Waals surface area contributed by atoms with E-state index in [0.717, 1.165) is 41.1 Å². The number of benzene rings is 2. The molecule has 0 bridgehead atoms. The lowest BCUT2D eigenvalue weighted by Crippen LogP contribution is -2.29. The van der Waals surface area contributed by atoms with Crippen LogP contribution in [0.3, 0.4) is 0 Å². The van der Waals surface area contributed by atoms with Gasteiger partial charge in [0.2, 0.25) is 5.95 Å². The van der Waals surface area contributed by atoms with E-state index in [1.165, 1.54) is 4.90 Å². The third-order valence-corrected chi connectivity index (χ3v) is 5.89. The Morgan fingerprint density at radius 1 is 1.17 bits per heavy atom. The first kappa shape index (κ1) is 19.6. The highest BCUT2D eigenvalue weighted by molar-refractivity contribution is 7.98. The van der Waals surface area contributed by atoms with Gasteiger partial charge >= 0.3 is 5.97 Å². The van der Waals surface area contributed by atoms with Crippen LogP contribution >= 0.6 is 11.8 Å². The van der Waals surface area contributed by atoms with Crippen LogP contribution in [0.25, 0.3) is 11.0 Å². The average Bonchev–Trinajstić information content (AvgIpc) is 3.11. The molecule has 1 atom stereocenters. The second-order valence-corrected chi connectivity index (χ2v) is 7.84. The van der Waals surface area contributed by atoms with Crippen molar-refractivity contribution in [2.45, 2.75) is 37.6 Å². The molecule has 1 aromatic heterocycles. The number of carbonyl (C=O) groups is 1. The molecular weight excluding hydrogens is 382 g/mol. The fraction of sp³-hybridized carbons (Fsp3) is 0.304. The number of esters is 1. The maximum atomic E-state index is 13.1. The second kappa shape index (κ2) is 8.33. The van der Waals surface area contributed by atoms with Crippen LogP contribution in [-0.4, -0.2) is 28.4 Å². The number of ether oxygens (including phenoxy) is 1. The number of fused-ring (bicyclic) bond motifs is 3. The lowest BCUT2D eigenvalue weighted by molar-refractivity contribution is -0.139. The summed E-state index contributed by atoms with van der Waals surface area (Å²) in [6.45, 7) is 4.29. The number of nitrogens with one attached hydrogen (secondary N) is 1. The van der Waals surface area contributed by atoms with E-state index in [1.807, 2.05) is 31.2 Å². The van der Waals surface area contributed by atoms with Crippen molar-refractivity contribution < 1.29 is 9.53 Å². The van der Waals surface area contributed by atoms with Crippen LogP contribution in [0, 0.1) is 0 Å². The first-order valence-electron chi connectivity index (χ1n) is 9.96. The Morgan fingerprint density at radius 3 is 2.62 bits per heavy atom. The molecule has 0 aliphatic carbocycles. The molecule has 1 N–H and O–H groups in total. The minimum absolute atomic E-state index is 0.272. The zero-order valence-corrected chi connectivity index (χ0v) is 17.8. The van der Waals surface area contributed by atoms with Crippen molar-refractivity contribution in [3.63, 3.8) is 0 Å². The highest BCUT2D eigenvalue weighted by Gasteiger charge is 2.35. The number of anilines is 1. The van der Waals surface area contributed by atoms with Gasteiger partial charge in [0.15, 0.2) is 0 Å². The SMILES string of the molecule is CCCC1=C(C(=O)OCC)[C@@H](c2ccc(SC)cc2)n2c(nc3ccccc32)N1. The van der Waals surface area contributed by atoms with E-state index in [2.05, 4.69) is 47.3 Å². The van der Waals surface area contributed by atoms with Crippen LogP contribution in [0.5, 0.6) is 0 Å². The van der Waals surface area contributed by atoms with Gasteiger partial charge in [-0.3, -0.25) is 4.57 Å². The monoisotopic (exact) mass is 407 g/mol. The molecule has 1 aliphatic heterocycles. The van der Waals surface area contributed by atoms with Crippen LogP contribution in [-0.2, 0) is 9.53 Å². The third kappa shape index (κ3) is 3.53. The summed E-state index contributed by atoms with van der Waals surface area (Å²) < 4.78 is 7.60. The van der Waals surface area contributed by atoms with Crippen molar-refractivity contribution in [3.8, 4) is 0 Å². The third-order valence-electron chi connectivity index (χ3n) is 5.14. The molecule has 0 saturated heterocycles. The number of nitrogens with zero attached hydrogens (tertiary/aromatic N) is 2. The van der Waals surface area contributed by atoms with Gasteiger partial charge in [0.25, 0.3) is 0 Å². The Bertz CT molecular complexity index is 1070. The zero-order valence-electron chi connectivity index (χ0n) is 16.9. The number of imidazole rings is 1. The van der Waals surface area contributed by atoms with E-state index < -0.39 is 0 Å². The summed E-state index contributed by atoms with van der Waals surface area (Å²) in [5.41, 5.74) is 4.51. The maximum Gasteiger partial charge on any atom is 0.338 e. The van der Waals surface area contributed by atoms with Gasteiger partial charge in [0, 0.05) is 10.6 Å². The number of aromatic nitrogens is 2. The fourth-order valence-corrected chi connectivity index (χ4v) is 4.29. The standard InChI is InChI=1S/C23H25N3O2S/c1-4-8-18-20(22(27)28-5-2)21(15-11-13-16(29-3)14-12-15)26-19-10-7-6-9-17(19)24-23(26)25-18/h6-7,9-14,21H,4-5,8H2,1-3H3,(H,24,25)/t21-/m1/s1. The molecule has 0 spiro atoms. The van der Waals surface area contributed by atoms with Crippen LogP contribution in [0.4, 0.5) is 5.95 Å². The van der Waals surface area contributed by atoms with Gasteiger partial charge in [-0.05, 0) is 49.4 Å². The molecule has 29 heavy (non-hydrogen) atoms. The molecule has 0 amide bonds. The molecule has 1 aliphatic rings. The zero-order chi connectivity index (χ0) is 20.4. The van der Waals surface area contributed by atoms with Crippen molar-refractivity contribution >= 4 is 34.7 Å². The average molecular weight is 408 g/mol. The number of carbonyl (C=O) groups excluding carboxylic acids is 1. The fourth-order valence-electron chi connectivity index (χ4n) is 3.88. The van der Waals surface area contributed by atoms with Gasteiger partial charge in [0.1, 0.15) is 0 Å². The summed E-state index contributed by atoms with van der Waals surface area (Å²) in [4.78, 5) is 19.1. The van der Waals surface area contributed by atoms with E-state index in [9.17, 15) is 4.79 Å². The Kier molecular flexibility index (Phi) is 5.62. The van der Waals surface area contributed by atoms with Crippen LogP contribution < -0.4 is 5.32 Å². The molecule has 4 rings (SSSR count). The predicted molar refractivity (Wildman–Crippen MR) is 118 cm³/mol. The number of thioether (sulfide) groups is 1. The quantitative estimate of drug-likeness (QED) is 0.438. The Morgan fingerprint density at radius 2 is 1.93 bits per heavy atom. The summed E-state index contributed by atoms with van der Waals surface area (Å²) in [5.74, 6) is 0.493. The first-order valence-corrected chi connectivity index (χ1v) is 11.2. The molecule has 0 fully saturated rings. The second-order valence-electron chi connectivity index (χ2n) is 6.96. The summed E-state index contributed by atoms with van der Waals surface area (Å²) in [5, 5.41) is 3.43. The number of allylic oxidation sites excluding steroid dienone is 1. The maximum absolute atomic E-state index is 13.1. The Labute approximate surface area is 175 Å². The number of hydrogen-bond donors (Lipinski definition) is 1. The number of para-hydroxylation sites is 2. The smallest absolute Gasteiger partial charge is 0.338 e. The molecule has 2 heterocycles. The van der Waals surface area contributed by atoms with Gasteiger partial charge in [-0.15, -0.1) is 11.8 Å². The van der Waals surface area contributed by atoms with Crippen molar-refractivity contribution in [2.24, 2.45) is 0 Å². The Hall–Kier alpha value is -2.73. The van der Waals surface area contributed by atoms with E-state index in [4.69, 9.17) is 9.72 Å². The molecule has 150 valence electrons. The minimum Gasteiger partial charge on any atom is -0.463 e. The molecular formula is C23H25N3O2S. The lowest BCUT2D eigenvalue weighted by Gasteiger charge is -2.31. The highest BCUT2D eigenvalue weighted by atomic mass is 32.2. The van der Waals surface area contributed by atoms with Crippen LogP contribution in [0.1, 0.15) is 38.3 Å². The van der Waals surface area contributed by atoms with E-state index in [-0.39, 0.29) is 12.0 Å². The topological polar surface area (TPSA) is 56.2 Å². The molecule has 2 aromatic carbocycles. The summed E-state index contributed by atoms with van der Waals surface area (Å²) in [6, 6.07) is 16.1. The molecule has 6 heteroatoms. The molecule has 3 aromatic rings. The van der Waals surface area contributed by atoms with Crippen molar-refractivity contribution in [1.82, 2.24) is 9.55 Å². The first-order chi connectivity index (χ1) is 14.2.